The molecule has 0 radical (unpaired) electrons. The summed E-state index contributed by atoms with van der Waals surface area (Å²) in [6, 6.07) is 36.4. The van der Waals surface area contributed by atoms with E-state index in [-0.39, 0.29) is 0 Å². The SMILES string of the molecule is [C-]#[N+]c1ccc(-c2nc3c([N+]#[C-])cc4c(-c5ccccc5)nc5ccccc5c4c3nc2-c2ccc(C#N)cc2)cc1. The summed E-state index contributed by atoms with van der Waals surface area (Å²) in [6.45, 7) is 15.5. The summed E-state index contributed by atoms with van der Waals surface area (Å²) in [6.07, 6.45) is 0. The van der Waals surface area contributed by atoms with Crippen LogP contribution >= 0.6 is 0 Å². The van der Waals surface area contributed by atoms with E-state index in [1.54, 1.807) is 24.3 Å². The second-order valence-corrected chi connectivity index (χ2v) is 9.74. The van der Waals surface area contributed by atoms with Crippen LogP contribution in [0, 0.1) is 24.5 Å². The Morgan fingerprint density at radius 2 is 1.19 bits per heavy atom. The standard InChI is InChI=1S/C36H18N6/c1-38-26-18-16-25(17-19-26)33-34(24-14-12-22(21-37)13-15-24)42-36-31-27-10-6-7-11-29(27)40-32(23-8-4-3-5-9-23)28(31)20-30(39-2)35(36)41-33/h3-20H. The zero-order chi connectivity index (χ0) is 28.6. The third-order valence-corrected chi connectivity index (χ3v) is 7.31. The quantitative estimate of drug-likeness (QED) is 0.167. The molecule has 2 heterocycles. The van der Waals surface area contributed by atoms with E-state index in [0.717, 1.165) is 44.1 Å². The Morgan fingerprint density at radius 3 is 1.86 bits per heavy atom. The summed E-state index contributed by atoms with van der Waals surface area (Å²) in [5.41, 5.74) is 7.86. The number of fused-ring (bicyclic) bond motifs is 5. The number of pyridine rings is 1. The maximum absolute atomic E-state index is 9.38. The van der Waals surface area contributed by atoms with Crippen LogP contribution in [0.3, 0.4) is 0 Å². The smallest absolute Gasteiger partial charge is 0.215 e. The fourth-order valence-corrected chi connectivity index (χ4v) is 5.32. The lowest BCUT2D eigenvalue weighted by Crippen LogP contribution is -1.98. The number of hydrogen-bond donors (Lipinski definition) is 0. The molecule has 0 amide bonds. The minimum atomic E-state index is 0.379. The Morgan fingerprint density at radius 1 is 0.571 bits per heavy atom. The highest BCUT2D eigenvalue weighted by Gasteiger charge is 2.21. The average molecular weight is 535 g/mol. The van der Waals surface area contributed by atoms with Crippen molar-refractivity contribution in [2.24, 2.45) is 0 Å². The number of nitriles is 1. The van der Waals surface area contributed by atoms with Crippen LogP contribution in [0.25, 0.3) is 76.2 Å². The van der Waals surface area contributed by atoms with Gasteiger partial charge in [0.05, 0.1) is 58.4 Å². The van der Waals surface area contributed by atoms with Crippen molar-refractivity contribution in [3.8, 4) is 39.8 Å². The summed E-state index contributed by atoms with van der Waals surface area (Å²) in [5.74, 6) is 0. The van der Waals surface area contributed by atoms with E-state index >= 15 is 0 Å². The first-order valence-corrected chi connectivity index (χ1v) is 13.2. The van der Waals surface area contributed by atoms with Crippen LogP contribution in [0.15, 0.2) is 109 Å². The van der Waals surface area contributed by atoms with Gasteiger partial charge in [0.2, 0.25) is 5.69 Å². The van der Waals surface area contributed by atoms with E-state index in [0.29, 0.717) is 39.4 Å². The predicted molar refractivity (Wildman–Crippen MR) is 166 cm³/mol. The number of para-hydroxylation sites is 1. The molecular formula is C36H18N6. The molecule has 0 saturated carbocycles. The highest BCUT2D eigenvalue weighted by atomic mass is 14.9. The van der Waals surface area contributed by atoms with Crippen molar-refractivity contribution in [3.63, 3.8) is 0 Å². The molecule has 0 saturated heterocycles. The van der Waals surface area contributed by atoms with Crippen LogP contribution in [-0.4, -0.2) is 15.0 Å². The number of nitrogens with zero attached hydrogens (tertiary/aromatic N) is 6. The molecule has 0 aliphatic rings. The number of benzene rings is 5. The van der Waals surface area contributed by atoms with Crippen LogP contribution in [0.2, 0.25) is 0 Å². The second kappa shape index (κ2) is 9.96. The molecule has 0 spiro atoms. The highest BCUT2D eigenvalue weighted by molar-refractivity contribution is 6.23. The first-order valence-electron chi connectivity index (χ1n) is 13.2. The van der Waals surface area contributed by atoms with Gasteiger partial charge < -0.3 is 0 Å². The van der Waals surface area contributed by atoms with Gasteiger partial charge in [0.15, 0.2) is 5.69 Å². The van der Waals surface area contributed by atoms with Crippen molar-refractivity contribution in [2.45, 2.75) is 0 Å². The summed E-state index contributed by atoms with van der Waals surface area (Å²) in [4.78, 5) is 22.8. The Bertz CT molecular complexity index is 2300. The summed E-state index contributed by atoms with van der Waals surface area (Å²) >= 11 is 0. The first-order chi connectivity index (χ1) is 20.7. The molecule has 42 heavy (non-hydrogen) atoms. The minimum absolute atomic E-state index is 0.379. The van der Waals surface area contributed by atoms with Crippen LogP contribution in [0.1, 0.15) is 5.56 Å². The minimum Gasteiger partial charge on any atom is -0.255 e. The number of hydrogen-bond acceptors (Lipinski definition) is 4. The van der Waals surface area contributed by atoms with E-state index < -0.39 is 0 Å². The van der Waals surface area contributed by atoms with Crippen molar-refractivity contribution >= 4 is 44.1 Å². The van der Waals surface area contributed by atoms with Crippen molar-refractivity contribution in [1.29, 1.82) is 5.26 Å². The Hall–Kier alpha value is -6.42. The van der Waals surface area contributed by atoms with Gasteiger partial charge in [-0.1, -0.05) is 84.9 Å². The van der Waals surface area contributed by atoms with E-state index in [9.17, 15) is 5.26 Å². The normalized spacial score (nSPS) is 10.8. The van der Waals surface area contributed by atoms with Crippen LogP contribution < -0.4 is 0 Å². The van der Waals surface area contributed by atoms with Crippen LogP contribution in [0.4, 0.5) is 11.4 Å². The molecule has 0 atom stereocenters. The molecule has 7 aromatic rings. The van der Waals surface area contributed by atoms with Crippen molar-refractivity contribution < 1.29 is 0 Å². The lowest BCUT2D eigenvalue weighted by atomic mass is 9.96. The molecule has 0 bridgehead atoms. The maximum atomic E-state index is 9.38. The van der Waals surface area contributed by atoms with E-state index in [2.05, 4.69) is 15.8 Å². The molecule has 0 aliphatic carbocycles. The van der Waals surface area contributed by atoms with Gasteiger partial charge in [-0.25, -0.2) is 19.7 Å². The second-order valence-electron chi connectivity index (χ2n) is 9.74. The predicted octanol–water partition coefficient (Wildman–Crippen LogP) is 9.31. The van der Waals surface area contributed by atoms with Gasteiger partial charge in [-0.05, 0) is 29.8 Å². The average Bonchev–Trinajstić information content (AvgIpc) is 3.07. The molecule has 6 nitrogen and oxygen atoms in total. The number of aromatic nitrogens is 3. The third kappa shape index (κ3) is 3.98. The van der Waals surface area contributed by atoms with Crippen LogP contribution in [-0.2, 0) is 0 Å². The Balaban J connectivity index is 1.66. The highest BCUT2D eigenvalue weighted by Crippen LogP contribution is 2.42. The Kier molecular flexibility index (Phi) is 5.83. The molecule has 192 valence electrons. The zero-order valence-electron chi connectivity index (χ0n) is 22.1. The van der Waals surface area contributed by atoms with Crippen molar-refractivity contribution in [1.82, 2.24) is 15.0 Å². The fourth-order valence-electron chi connectivity index (χ4n) is 5.32. The van der Waals surface area contributed by atoms with Gasteiger partial charge in [-0.3, -0.25) is 4.98 Å². The third-order valence-electron chi connectivity index (χ3n) is 7.31. The molecule has 0 N–H and O–H groups in total. The largest absolute Gasteiger partial charge is 0.255 e. The topological polar surface area (TPSA) is 71.2 Å². The van der Waals surface area contributed by atoms with Crippen molar-refractivity contribution in [2.75, 3.05) is 0 Å². The summed E-state index contributed by atoms with van der Waals surface area (Å²) in [7, 11) is 0. The number of rotatable bonds is 3. The van der Waals surface area contributed by atoms with Gasteiger partial charge >= 0.3 is 0 Å². The lowest BCUT2D eigenvalue weighted by molar-refractivity contribution is 1.30. The molecule has 7 rings (SSSR count). The van der Waals surface area contributed by atoms with Gasteiger partial charge in [0, 0.05) is 27.3 Å². The molecule has 0 unspecified atom stereocenters. The molecule has 6 heteroatoms. The molecular weight excluding hydrogens is 516 g/mol. The first kappa shape index (κ1) is 24.6. The Labute approximate surface area is 241 Å². The van der Waals surface area contributed by atoms with E-state index in [4.69, 9.17) is 28.1 Å². The monoisotopic (exact) mass is 534 g/mol. The van der Waals surface area contributed by atoms with Gasteiger partial charge in [0.25, 0.3) is 0 Å². The van der Waals surface area contributed by atoms with Gasteiger partial charge in [-0.15, -0.1) is 0 Å². The molecule has 0 aliphatic heterocycles. The summed E-state index contributed by atoms with van der Waals surface area (Å²) in [5, 5.41) is 12.0. The van der Waals surface area contributed by atoms with E-state index in [1.807, 2.05) is 84.9 Å². The molecule has 5 aromatic carbocycles. The zero-order valence-corrected chi connectivity index (χ0v) is 22.1. The van der Waals surface area contributed by atoms with Gasteiger partial charge in [-0.2, -0.15) is 5.26 Å². The molecule has 0 fully saturated rings. The lowest BCUT2D eigenvalue weighted by Gasteiger charge is -2.16. The van der Waals surface area contributed by atoms with Crippen LogP contribution in [0.5, 0.6) is 0 Å². The van der Waals surface area contributed by atoms with Gasteiger partial charge in [0.1, 0.15) is 0 Å². The van der Waals surface area contributed by atoms with E-state index in [1.165, 1.54) is 0 Å². The fraction of sp³-hybridized carbons (Fsp3) is 0. The molecule has 2 aromatic heterocycles. The van der Waals surface area contributed by atoms with Crippen molar-refractivity contribution in [3.05, 3.63) is 138 Å². The summed E-state index contributed by atoms with van der Waals surface area (Å²) < 4.78 is 0. The maximum Gasteiger partial charge on any atom is 0.215 e.